The number of likely N-dealkylation sites (N-methyl/N-ethyl adjacent to an activating group) is 1. The number of hydrazine groups is 1. The average molecular weight is 214 g/mol. The molecule has 0 aromatic rings. The molecule has 1 heterocycles. The highest BCUT2D eigenvalue weighted by Gasteiger charge is 2.14. The maximum absolute atomic E-state index is 11.3. The Kier molecular flexibility index (Phi) is 5.01. The number of carbonyl (C=O) groups excluding carboxylic acids is 1. The fraction of sp³-hybridized carbons (Fsp3) is 0.900. The van der Waals surface area contributed by atoms with E-state index in [0.717, 1.165) is 26.2 Å². The van der Waals surface area contributed by atoms with Gasteiger partial charge in [-0.25, -0.2) is 10.4 Å². The highest BCUT2D eigenvalue weighted by Crippen LogP contribution is 1.94. The van der Waals surface area contributed by atoms with Gasteiger partial charge in [0.05, 0.1) is 6.54 Å². The van der Waals surface area contributed by atoms with Crippen molar-refractivity contribution in [1.29, 1.82) is 0 Å². The van der Waals surface area contributed by atoms with Gasteiger partial charge in [-0.05, 0) is 20.9 Å². The zero-order chi connectivity index (χ0) is 11.3. The highest BCUT2D eigenvalue weighted by molar-refractivity contribution is 5.78. The Bertz CT molecular complexity index is 200. The minimum Gasteiger partial charge on any atom is -0.353 e. The van der Waals surface area contributed by atoms with Gasteiger partial charge in [-0.3, -0.25) is 4.79 Å². The molecule has 0 aromatic carbocycles. The molecule has 0 bridgehead atoms. The van der Waals surface area contributed by atoms with E-state index >= 15 is 0 Å². The van der Waals surface area contributed by atoms with Crippen molar-refractivity contribution in [3.63, 3.8) is 0 Å². The second-order valence-corrected chi connectivity index (χ2v) is 4.35. The number of carbonyl (C=O) groups is 1. The van der Waals surface area contributed by atoms with Crippen LogP contribution in [0.2, 0.25) is 0 Å². The quantitative estimate of drug-likeness (QED) is 0.647. The molecule has 0 spiro atoms. The summed E-state index contributed by atoms with van der Waals surface area (Å²) in [5.74, 6) is 0.0592. The number of nitrogens with one attached hydrogen (secondary N) is 2. The molecule has 1 amide bonds. The van der Waals surface area contributed by atoms with Gasteiger partial charge in [0.25, 0.3) is 0 Å². The third-order valence-electron chi connectivity index (χ3n) is 2.42. The third kappa shape index (κ3) is 5.11. The van der Waals surface area contributed by atoms with Gasteiger partial charge < -0.3 is 10.2 Å². The Morgan fingerprint density at radius 3 is 2.40 bits per heavy atom. The monoisotopic (exact) mass is 214 g/mol. The van der Waals surface area contributed by atoms with Crippen LogP contribution in [0, 0.1) is 0 Å². The molecule has 1 saturated heterocycles. The van der Waals surface area contributed by atoms with Crippen molar-refractivity contribution in [2.45, 2.75) is 19.9 Å². The number of rotatable bonds is 4. The molecule has 88 valence electrons. The maximum Gasteiger partial charge on any atom is 0.235 e. The zero-order valence-electron chi connectivity index (χ0n) is 9.92. The summed E-state index contributed by atoms with van der Waals surface area (Å²) in [4.78, 5) is 13.6. The van der Waals surface area contributed by atoms with Crippen LogP contribution in [0.25, 0.3) is 0 Å². The van der Waals surface area contributed by atoms with Crippen LogP contribution in [0.3, 0.4) is 0 Å². The summed E-state index contributed by atoms with van der Waals surface area (Å²) in [6, 6.07) is 0.215. The predicted octanol–water partition coefficient (Wildman–Crippen LogP) is -0.737. The molecular weight excluding hydrogens is 192 g/mol. The van der Waals surface area contributed by atoms with Gasteiger partial charge >= 0.3 is 0 Å². The maximum atomic E-state index is 11.3. The van der Waals surface area contributed by atoms with Crippen LogP contribution in [-0.2, 0) is 4.79 Å². The summed E-state index contributed by atoms with van der Waals surface area (Å²) in [5, 5.41) is 4.96. The number of hydrogen-bond acceptors (Lipinski definition) is 4. The van der Waals surface area contributed by atoms with E-state index in [4.69, 9.17) is 0 Å². The van der Waals surface area contributed by atoms with Gasteiger partial charge in [0.2, 0.25) is 5.91 Å². The molecule has 0 unspecified atom stereocenters. The lowest BCUT2D eigenvalue weighted by Crippen LogP contribution is -2.53. The van der Waals surface area contributed by atoms with E-state index in [1.54, 1.807) is 0 Å². The molecule has 0 aliphatic carbocycles. The molecule has 5 heteroatoms. The number of hydrogen-bond donors (Lipinski definition) is 2. The van der Waals surface area contributed by atoms with Crippen LogP contribution >= 0.6 is 0 Å². The molecule has 1 fully saturated rings. The van der Waals surface area contributed by atoms with Crippen LogP contribution in [0.1, 0.15) is 13.8 Å². The molecule has 5 nitrogen and oxygen atoms in total. The van der Waals surface area contributed by atoms with E-state index in [0.29, 0.717) is 6.54 Å². The van der Waals surface area contributed by atoms with E-state index in [9.17, 15) is 4.79 Å². The normalized spacial score (nSPS) is 19.5. The summed E-state index contributed by atoms with van der Waals surface area (Å²) in [6.07, 6.45) is 0. The van der Waals surface area contributed by atoms with Crippen LogP contribution in [-0.4, -0.2) is 61.6 Å². The van der Waals surface area contributed by atoms with Gasteiger partial charge in [-0.1, -0.05) is 0 Å². The summed E-state index contributed by atoms with van der Waals surface area (Å²) in [7, 11) is 2.11. The lowest BCUT2D eigenvalue weighted by molar-refractivity contribution is -0.121. The molecular formula is C10H22N4O. The van der Waals surface area contributed by atoms with Gasteiger partial charge in [-0.15, -0.1) is 0 Å². The van der Waals surface area contributed by atoms with E-state index in [2.05, 4.69) is 27.7 Å². The van der Waals surface area contributed by atoms with E-state index in [1.165, 1.54) is 0 Å². The molecule has 0 aromatic heterocycles. The second-order valence-electron chi connectivity index (χ2n) is 4.35. The first-order chi connectivity index (χ1) is 7.08. The molecule has 0 radical (unpaired) electrons. The lowest BCUT2D eigenvalue weighted by Gasteiger charge is -2.32. The predicted molar refractivity (Wildman–Crippen MR) is 60.4 cm³/mol. The molecule has 1 rings (SSSR count). The van der Waals surface area contributed by atoms with Crippen molar-refractivity contribution in [1.82, 2.24) is 20.7 Å². The van der Waals surface area contributed by atoms with Crippen LogP contribution in [0.15, 0.2) is 0 Å². The van der Waals surface area contributed by atoms with Gasteiger partial charge in [0.15, 0.2) is 0 Å². The van der Waals surface area contributed by atoms with Crippen molar-refractivity contribution in [3.05, 3.63) is 0 Å². The minimum absolute atomic E-state index is 0.0592. The topological polar surface area (TPSA) is 47.6 Å². The first-order valence-electron chi connectivity index (χ1n) is 5.54. The molecule has 2 N–H and O–H groups in total. The van der Waals surface area contributed by atoms with Crippen molar-refractivity contribution >= 4 is 5.91 Å². The van der Waals surface area contributed by atoms with Crippen molar-refractivity contribution < 1.29 is 4.79 Å². The lowest BCUT2D eigenvalue weighted by atomic mass is 10.4. The SMILES string of the molecule is CC(C)NC(=O)CNN1CCN(C)CC1. The molecule has 0 saturated carbocycles. The Morgan fingerprint density at radius 1 is 1.27 bits per heavy atom. The van der Waals surface area contributed by atoms with E-state index in [1.807, 2.05) is 13.8 Å². The second kappa shape index (κ2) is 6.05. The summed E-state index contributed by atoms with van der Waals surface area (Å²) in [5.41, 5.74) is 3.14. The van der Waals surface area contributed by atoms with Crippen LogP contribution < -0.4 is 10.7 Å². The molecule has 1 aliphatic rings. The number of amides is 1. The fourth-order valence-corrected chi connectivity index (χ4v) is 1.52. The van der Waals surface area contributed by atoms with Gasteiger partial charge in [-0.2, -0.15) is 0 Å². The number of nitrogens with zero attached hydrogens (tertiary/aromatic N) is 2. The van der Waals surface area contributed by atoms with Crippen molar-refractivity contribution in [2.75, 3.05) is 39.8 Å². The first-order valence-corrected chi connectivity index (χ1v) is 5.54. The summed E-state index contributed by atoms with van der Waals surface area (Å²) in [6.45, 7) is 8.37. The minimum atomic E-state index is 0.0592. The summed E-state index contributed by atoms with van der Waals surface area (Å²) >= 11 is 0. The highest BCUT2D eigenvalue weighted by atomic mass is 16.2. The van der Waals surface area contributed by atoms with Crippen molar-refractivity contribution in [2.24, 2.45) is 0 Å². The molecule has 1 aliphatic heterocycles. The summed E-state index contributed by atoms with van der Waals surface area (Å²) < 4.78 is 0. The smallest absolute Gasteiger partial charge is 0.235 e. The fourth-order valence-electron chi connectivity index (χ4n) is 1.52. The Hall–Kier alpha value is -0.650. The molecule has 0 atom stereocenters. The Morgan fingerprint density at radius 2 is 1.87 bits per heavy atom. The Balaban J connectivity index is 2.12. The number of piperazine rings is 1. The van der Waals surface area contributed by atoms with Gasteiger partial charge in [0.1, 0.15) is 0 Å². The van der Waals surface area contributed by atoms with E-state index in [-0.39, 0.29) is 11.9 Å². The van der Waals surface area contributed by atoms with Crippen LogP contribution in [0.4, 0.5) is 0 Å². The molecule has 15 heavy (non-hydrogen) atoms. The van der Waals surface area contributed by atoms with E-state index < -0.39 is 0 Å². The largest absolute Gasteiger partial charge is 0.353 e. The average Bonchev–Trinajstić information content (AvgIpc) is 2.16. The van der Waals surface area contributed by atoms with Gasteiger partial charge in [0, 0.05) is 32.2 Å². The van der Waals surface area contributed by atoms with Crippen molar-refractivity contribution in [3.8, 4) is 0 Å². The first kappa shape index (κ1) is 12.4. The Labute approximate surface area is 91.8 Å². The van der Waals surface area contributed by atoms with Crippen LogP contribution in [0.5, 0.6) is 0 Å². The standard InChI is InChI=1S/C10H22N4O/c1-9(2)12-10(15)8-11-14-6-4-13(3)5-7-14/h9,11H,4-8H2,1-3H3,(H,12,15). The zero-order valence-corrected chi connectivity index (χ0v) is 9.92. The third-order valence-corrected chi connectivity index (χ3v) is 2.42.